The van der Waals surface area contributed by atoms with E-state index >= 15 is 0 Å². The second kappa shape index (κ2) is 4.69. The molecule has 2 saturated carbocycles. The van der Waals surface area contributed by atoms with Crippen molar-refractivity contribution in [2.75, 3.05) is 6.61 Å². The number of Topliss-reactive ketones (excluding diaryl/α,β-unsaturated/α-hetero) is 1. The molecule has 2 aliphatic carbocycles. The molecule has 0 spiro atoms. The van der Waals surface area contributed by atoms with Gasteiger partial charge in [0, 0.05) is 5.41 Å². The summed E-state index contributed by atoms with van der Waals surface area (Å²) in [5, 5.41) is 0. The number of esters is 1. The van der Waals surface area contributed by atoms with Crippen LogP contribution < -0.4 is 0 Å². The topological polar surface area (TPSA) is 43.4 Å². The Hall–Kier alpha value is -1.64. The second-order valence-electron chi connectivity index (χ2n) is 7.13. The third kappa shape index (κ3) is 1.94. The van der Waals surface area contributed by atoms with Gasteiger partial charge in [0.15, 0.2) is 0 Å². The van der Waals surface area contributed by atoms with Gasteiger partial charge >= 0.3 is 5.97 Å². The lowest BCUT2D eigenvalue weighted by atomic mass is 9.70. The first kappa shape index (κ1) is 14.3. The Bertz CT molecular complexity index is 575. The van der Waals surface area contributed by atoms with Crippen LogP contribution in [0.4, 0.5) is 0 Å². The Kier molecular flexibility index (Phi) is 3.19. The van der Waals surface area contributed by atoms with Crippen molar-refractivity contribution in [3.05, 3.63) is 35.9 Å². The van der Waals surface area contributed by atoms with Gasteiger partial charge in [0.25, 0.3) is 0 Å². The van der Waals surface area contributed by atoms with Gasteiger partial charge in [-0.2, -0.15) is 0 Å². The number of carbonyl (C=O) groups is 2. The smallest absolute Gasteiger partial charge is 0.338 e. The summed E-state index contributed by atoms with van der Waals surface area (Å²) < 4.78 is 5.41. The van der Waals surface area contributed by atoms with Crippen LogP contribution in [0.3, 0.4) is 0 Å². The number of hydrogen-bond acceptors (Lipinski definition) is 3. The Balaban J connectivity index is 1.70. The maximum Gasteiger partial charge on any atom is 0.338 e. The number of ketones is 1. The van der Waals surface area contributed by atoms with Gasteiger partial charge in [0.1, 0.15) is 12.4 Å². The van der Waals surface area contributed by atoms with Crippen LogP contribution >= 0.6 is 0 Å². The molecule has 2 bridgehead atoms. The molecule has 0 heterocycles. The zero-order valence-corrected chi connectivity index (χ0v) is 12.9. The monoisotopic (exact) mass is 286 g/mol. The lowest BCUT2D eigenvalue weighted by molar-refractivity contribution is -0.132. The Morgan fingerprint density at radius 1 is 1.24 bits per heavy atom. The number of hydrogen-bond donors (Lipinski definition) is 0. The van der Waals surface area contributed by atoms with E-state index in [-0.39, 0.29) is 35.1 Å². The molecule has 3 heteroatoms. The molecule has 1 aromatic carbocycles. The highest BCUT2D eigenvalue weighted by molar-refractivity contribution is 5.93. The Morgan fingerprint density at radius 2 is 1.90 bits per heavy atom. The van der Waals surface area contributed by atoms with E-state index in [1.165, 1.54) is 0 Å². The predicted octanol–water partition coefficient (Wildman–Crippen LogP) is 3.48. The Labute approximate surface area is 125 Å². The minimum Gasteiger partial charge on any atom is -0.461 e. The minimum atomic E-state index is -0.339. The summed E-state index contributed by atoms with van der Waals surface area (Å²) in [6, 6.07) is 8.94. The predicted molar refractivity (Wildman–Crippen MR) is 79.8 cm³/mol. The molecule has 0 N–H and O–H groups in total. The van der Waals surface area contributed by atoms with Crippen LogP contribution in [0.1, 0.15) is 44.0 Å². The van der Waals surface area contributed by atoms with Gasteiger partial charge in [-0.3, -0.25) is 4.79 Å². The van der Waals surface area contributed by atoms with Gasteiger partial charge in [-0.15, -0.1) is 0 Å². The zero-order chi connectivity index (χ0) is 15.3. The number of carbonyl (C=O) groups excluding carboxylic acids is 2. The second-order valence-corrected chi connectivity index (χ2v) is 7.13. The van der Waals surface area contributed by atoms with Crippen molar-refractivity contribution in [2.24, 2.45) is 22.7 Å². The van der Waals surface area contributed by atoms with Crippen molar-refractivity contribution in [3.8, 4) is 0 Å². The van der Waals surface area contributed by atoms with Crippen molar-refractivity contribution >= 4 is 11.8 Å². The molecule has 112 valence electrons. The third-order valence-corrected chi connectivity index (χ3v) is 6.07. The summed E-state index contributed by atoms with van der Waals surface area (Å²) in [5.41, 5.74) is 0.300. The largest absolute Gasteiger partial charge is 0.461 e. The fourth-order valence-electron chi connectivity index (χ4n) is 4.29. The first-order valence-electron chi connectivity index (χ1n) is 7.64. The van der Waals surface area contributed by atoms with Crippen molar-refractivity contribution in [1.82, 2.24) is 0 Å². The van der Waals surface area contributed by atoms with Gasteiger partial charge in [0.2, 0.25) is 0 Å². The molecule has 0 aliphatic heterocycles. The van der Waals surface area contributed by atoms with Crippen LogP contribution in [-0.4, -0.2) is 18.4 Å². The standard InChI is InChI=1S/C18H22O3/c1-17(2)14-9-10-18(17,3)15(19)13(14)11-21-16(20)12-7-5-4-6-8-12/h4-8,13-14H,9-11H2,1-3H3/t13-,14-,18-/m1/s1. The molecule has 2 aliphatic rings. The molecule has 0 unspecified atom stereocenters. The van der Waals surface area contributed by atoms with Gasteiger partial charge < -0.3 is 4.74 Å². The summed E-state index contributed by atoms with van der Waals surface area (Å²) in [7, 11) is 0. The molecule has 1 aromatic rings. The van der Waals surface area contributed by atoms with E-state index < -0.39 is 0 Å². The highest BCUT2D eigenvalue weighted by Gasteiger charge is 2.66. The van der Waals surface area contributed by atoms with E-state index in [0.29, 0.717) is 11.5 Å². The maximum absolute atomic E-state index is 12.7. The van der Waals surface area contributed by atoms with Crippen LogP contribution in [0.25, 0.3) is 0 Å². The molecule has 3 atom stereocenters. The van der Waals surface area contributed by atoms with Crippen LogP contribution in [-0.2, 0) is 9.53 Å². The molecule has 2 fully saturated rings. The SMILES string of the molecule is CC1(C)[C@@H]2CC[C@]1(C)C(=O)[C@@H]2COC(=O)c1ccccc1. The van der Waals surface area contributed by atoms with Gasteiger partial charge in [-0.05, 0) is 36.3 Å². The van der Waals surface area contributed by atoms with E-state index in [1.807, 2.05) is 18.2 Å². The first-order valence-corrected chi connectivity index (χ1v) is 7.64. The van der Waals surface area contributed by atoms with E-state index in [2.05, 4.69) is 20.8 Å². The molecule has 0 saturated heterocycles. The minimum absolute atomic E-state index is 0.00784. The highest BCUT2D eigenvalue weighted by atomic mass is 16.5. The fraction of sp³-hybridized carbons (Fsp3) is 0.556. The van der Waals surface area contributed by atoms with Crippen molar-refractivity contribution < 1.29 is 14.3 Å². The lowest BCUT2D eigenvalue weighted by Crippen LogP contribution is -2.34. The number of benzene rings is 1. The summed E-state index contributed by atoms with van der Waals surface area (Å²) in [4.78, 5) is 24.7. The van der Waals surface area contributed by atoms with Gasteiger partial charge in [-0.1, -0.05) is 39.0 Å². The molecular weight excluding hydrogens is 264 g/mol. The van der Waals surface area contributed by atoms with Gasteiger partial charge in [-0.25, -0.2) is 4.79 Å². The summed E-state index contributed by atoms with van der Waals surface area (Å²) in [5.74, 6) is 0.142. The average molecular weight is 286 g/mol. The molecule has 3 rings (SSSR count). The van der Waals surface area contributed by atoms with Crippen LogP contribution in [0.2, 0.25) is 0 Å². The van der Waals surface area contributed by atoms with Crippen LogP contribution in [0.15, 0.2) is 30.3 Å². The van der Waals surface area contributed by atoms with Crippen LogP contribution in [0, 0.1) is 22.7 Å². The van der Waals surface area contributed by atoms with Crippen molar-refractivity contribution in [3.63, 3.8) is 0 Å². The summed E-state index contributed by atoms with van der Waals surface area (Å²) >= 11 is 0. The molecule has 3 nitrogen and oxygen atoms in total. The summed E-state index contributed by atoms with van der Waals surface area (Å²) in [6.45, 7) is 6.66. The molecule has 0 amide bonds. The van der Waals surface area contributed by atoms with Crippen molar-refractivity contribution in [1.29, 1.82) is 0 Å². The number of fused-ring (bicyclic) bond motifs is 2. The van der Waals surface area contributed by atoms with E-state index in [4.69, 9.17) is 4.74 Å². The lowest BCUT2D eigenvalue weighted by Gasteiger charge is -2.32. The first-order chi connectivity index (χ1) is 9.88. The molecular formula is C18H22O3. The van der Waals surface area contributed by atoms with E-state index in [0.717, 1.165) is 12.8 Å². The molecule has 21 heavy (non-hydrogen) atoms. The Morgan fingerprint density at radius 3 is 2.48 bits per heavy atom. The number of rotatable bonds is 3. The average Bonchev–Trinajstić information content (AvgIpc) is 2.78. The quantitative estimate of drug-likeness (QED) is 0.799. The summed E-state index contributed by atoms with van der Waals surface area (Å²) in [6.07, 6.45) is 2.02. The number of ether oxygens (including phenoxy) is 1. The normalized spacial score (nSPS) is 33.2. The highest BCUT2D eigenvalue weighted by Crippen LogP contribution is 2.65. The van der Waals surface area contributed by atoms with Crippen molar-refractivity contribution in [2.45, 2.75) is 33.6 Å². The molecule has 0 radical (unpaired) electrons. The van der Waals surface area contributed by atoms with E-state index in [9.17, 15) is 9.59 Å². The maximum atomic E-state index is 12.7. The molecule has 0 aromatic heterocycles. The van der Waals surface area contributed by atoms with Crippen LogP contribution in [0.5, 0.6) is 0 Å². The zero-order valence-electron chi connectivity index (χ0n) is 12.9. The van der Waals surface area contributed by atoms with E-state index in [1.54, 1.807) is 12.1 Å². The fourth-order valence-corrected chi connectivity index (χ4v) is 4.29. The third-order valence-electron chi connectivity index (χ3n) is 6.07. The van der Waals surface area contributed by atoms with Gasteiger partial charge in [0.05, 0.1) is 11.5 Å².